The Bertz CT molecular complexity index is 1110. The summed E-state index contributed by atoms with van der Waals surface area (Å²) in [6.07, 6.45) is 3.84. The summed E-state index contributed by atoms with van der Waals surface area (Å²) >= 11 is 0. The third kappa shape index (κ3) is 3.60. The van der Waals surface area contributed by atoms with Crippen molar-refractivity contribution in [1.82, 2.24) is 4.90 Å². The lowest BCUT2D eigenvalue weighted by Crippen LogP contribution is -2.62. The highest BCUT2D eigenvalue weighted by molar-refractivity contribution is 7.90. The van der Waals surface area contributed by atoms with Crippen molar-refractivity contribution in [3.05, 3.63) is 59.7 Å². The molecule has 3 aliphatic heterocycles. The van der Waals surface area contributed by atoms with Crippen molar-refractivity contribution in [2.24, 2.45) is 4.40 Å². The zero-order chi connectivity index (χ0) is 21.9. The fourth-order valence-electron chi connectivity index (χ4n) is 5.11. The molecule has 6 rings (SSSR count). The summed E-state index contributed by atoms with van der Waals surface area (Å²) in [5.74, 6) is -1.03. The SMILES string of the molecule is CC(F)(F)c1ccc(Oc2ccc(C34CCC(CC3)N3CCS(=O)(=O)N=C34)cc2)cc1. The summed E-state index contributed by atoms with van der Waals surface area (Å²) in [5, 5.41) is 0. The molecule has 0 amide bonds. The number of rotatable bonds is 4. The van der Waals surface area contributed by atoms with E-state index < -0.39 is 15.9 Å². The number of alkyl halides is 2. The van der Waals surface area contributed by atoms with Gasteiger partial charge >= 0.3 is 0 Å². The highest BCUT2D eigenvalue weighted by Crippen LogP contribution is 2.49. The number of piperidine rings is 2. The maximum atomic E-state index is 13.4. The molecule has 1 aliphatic carbocycles. The van der Waals surface area contributed by atoms with Gasteiger partial charge in [0.25, 0.3) is 15.9 Å². The second-order valence-electron chi connectivity index (χ2n) is 8.75. The number of amidine groups is 1. The van der Waals surface area contributed by atoms with E-state index in [0.29, 0.717) is 29.9 Å². The smallest absolute Gasteiger partial charge is 0.270 e. The van der Waals surface area contributed by atoms with Crippen LogP contribution in [0.1, 0.15) is 43.7 Å². The molecule has 0 aromatic heterocycles. The van der Waals surface area contributed by atoms with E-state index in [-0.39, 0.29) is 16.7 Å². The van der Waals surface area contributed by atoms with Crippen LogP contribution in [-0.2, 0) is 21.4 Å². The largest absolute Gasteiger partial charge is 0.457 e. The van der Waals surface area contributed by atoms with Crippen LogP contribution in [0.25, 0.3) is 0 Å². The molecule has 5 nitrogen and oxygen atoms in total. The summed E-state index contributed by atoms with van der Waals surface area (Å²) in [4.78, 5) is 2.20. The molecule has 8 heteroatoms. The number of ether oxygens (including phenoxy) is 1. The first-order chi connectivity index (χ1) is 14.7. The van der Waals surface area contributed by atoms with Crippen molar-refractivity contribution < 1.29 is 21.9 Å². The Labute approximate surface area is 180 Å². The van der Waals surface area contributed by atoms with Gasteiger partial charge in [-0.25, -0.2) is 17.2 Å². The minimum absolute atomic E-state index is 0.0602. The van der Waals surface area contributed by atoms with Gasteiger partial charge in [-0.1, -0.05) is 12.1 Å². The van der Waals surface area contributed by atoms with Gasteiger partial charge in [-0.2, -0.15) is 0 Å². The molecule has 0 atom stereocenters. The van der Waals surface area contributed by atoms with Crippen molar-refractivity contribution in [3.8, 4) is 11.5 Å². The van der Waals surface area contributed by atoms with Gasteiger partial charge in [0.05, 0.1) is 11.2 Å². The summed E-state index contributed by atoms with van der Waals surface area (Å²) in [6.45, 7) is 1.38. The first-order valence-corrected chi connectivity index (χ1v) is 12.1. The number of nitrogens with zero attached hydrogens (tertiary/aromatic N) is 2. The average Bonchev–Trinajstić information content (AvgIpc) is 2.74. The summed E-state index contributed by atoms with van der Waals surface area (Å²) in [7, 11) is -3.42. The number of fused-ring (bicyclic) bond motifs is 2. The van der Waals surface area contributed by atoms with E-state index in [1.807, 2.05) is 24.3 Å². The third-order valence-corrected chi connectivity index (χ3v) is 7.92. The van der Waals surface area contributed by atoms with Crippen LogP contribution in [0, 0.1) is 0 Å². The Morgan fingerprint density at radius 3 is 2.19 bits per heavy atom. The van der Waals surface area contributed by atoms with Crippen molar-refractivity contribution in [3.63, 3.8) is 0 Å². The van der Waals surface area contributed by atoms with Gasteiger partial charge in [0, 0.05) is 25.1 Å². The maximum absolute atomic E-state index is 13.4. The fourth-order valence-corrected chi connectivity index (χ4v) is 6.17. The number of sulfonamides is 1. The van der Waals surface area contributed by atoms with Gasteiger partial charge in [-0.3, -0.25) is 0 Å². The van der Waals surface area contributed by atoms with E-state index in [4.69, 9.17) is 4.74 Å². The molecule has 2 aromatic carbocycles. The number of benzene rings is 2. The molecule has 0 radical (unpaired) electrons. The molecule has 164 valence electrons. The predicted octanol–water partition coefficient (Wildman–Crippen LogP) is 4.83. The number of halogens is 2. The molecule has 0 spiro atoms. The zero-order valence-corrected chi connectivity index (χ0v) is 18.0. The molecule has 2 aromatic rings. The van der Waals surface area contributed by atoms with Crippen molar-refractivity contribution in [1.29, 1.82) is 0 Å². The van der Waals surface area contributed by atoms with E-state index >= 15 is 0 Å². The standard InChI is InChI=1S/C23H24F2N2O3S/c1-22(24,25)16-2-6-19(7-3-16)30-20-8-4-17(5-9-20)23-12-10-18(11-13-23)27-14-15-31(28,29)26-21(23)27/h2-9,18H,10-15H2,1H3. The normalized spacial score (nSPS) is 26.9. The molecule has 4 aliphatic rings. The van der Waals surface area contributed by atoms with Gasteiger partial charge in [-0.15, -0.1) is 4.40 Å². The number of hydrogen-bond donors (Lipinski definition) is 0. The Morgan fingerprint density at radius 1 is 1.03 bits per heavy atom. The minimum atomic E-state index is -3.42. The van der Waals surface area contributed by atoms with E-state index in [2.05, 4.69) is 9.30 Å². The van der Waals surface area contributed by atoms with E-state index in [9.17, 15) is 17.2 Å². The van der Waals surface area contributed by atoms with E-state index in [1.165, 1.54) is 24.3 Å². The van der Waals surface area contributed by atoms with E-state index in [0.717, 1.165) is 38.2 Å². The van der Waals surface area contributed by atoms with Crippen LogP contribution in [0.2, 0.25) is 0 Å². The molecule has 1 saturated carbocycles. The molecule has 0 N–H and O–H groups in total. The highest BCUT2D eigenvalue weighted by atomic mass is 32.2. The maximum Gasteiger partial charge on any atom is 0.270 e. The monoisotopic (exact) mass is 446 g/mol. The van der Waals surface area contributed by atoms with Crippen LogP contribution in [0.5, 0.6) is 11.5 Å². The first kappa shape index (κ1) is 20.4. The molecule has 31 heavy (non-hydrogen) atoms. The molecular weight excluding hydrogens is 422 g/mol. The molecule has 3 fully saturated rings. The van der Waals surface area contributed by atoms with Gasteiger partial charge in [0.2, 0.25) is 0 Å². The van der Waals surface area contributed by atoms with Gasteiger partial charge in [0.1, 0.15) is 17.3 Å². The molecule has 0 unspecified atom stereocenters. The lowest BCUT2D eigenvalue weighted by molar-refractivity contribution is 0.0174. The second-order valence-corrected chi connectivity index (χ2v) is 10.5. The summed E-state index contributed by atoms with van der Waals surface area (Å²) in [5.41, 5.74) is 0.601. The quantitative estimate of drug-likeness (QED) is 0.675. The predicted molar refractivity (Wildman–Crippen MR) is 114 cm³/mol. The summed E-state index contributed by atoms with van der Waals surface area (Å²) < 4.78 is 61.2. The van der Waals surface area contributed by atoms with Crippen molar-refractivity contribution >= 4 is 15.9 Å². The second kappa shape index (κ2) is 7.02. The fraction of sp³-hybridized carbons (Fsp3) is 0.435. The minimum Gasteiger partial charge on any atom is -0.457 e. The highest BCUT2D eigenvalue weighted by Gasteiger charge is 2.52. The zero-order valence-electron chi connectivity index (χ0n) is 17.2. The van der Waals surface area contributed by atoms with Gasteiger partial charge < -0.3 is 9.64 Å². The Kier molecular flexibility index (Phi) is 4.62. The van der Waals surface area contributed by atoms with Crippen LogP contribution in [-0.4, -0.2) is 37.5 Å². The number of hydrogen-bond acceptors (Lipinski definition) is 4. The van der Waals surface area contributed by atoms with Gasteiger partial charge in [-0.05, 0) is 67.6 Å². The van der Waals surface area contributed by atoms with Crippen molar-refractivity contribution in [2.75, 3.05) is 12.3 Å². The lowest BCUT2D eigenvalue weighted by atomic mass is 9.63. The van der Waals surface area contributed by atoms with Crippen LogP contribution in [0.15, 0.2) is 52.9 Å². The third-order valence-electron chi connectivity index (χ3n) is 6.77. The Morgan fingerprint density at radius 2 is 1.61 bits per heavy atom. The first-order valence-electron chi connectivity index (χ1n) is 10.5. The Balaban J connectivity index is 1.41. The summed E-state index contributed by atoms with van der Waals surface area (Å²) in [6, 6.07) is 13.8. The molecule has 2 saturated heterocycles. The Hall–Kier alpha value is -2.48. The molecular formula is C23H24F2N2O3S. The van der Waals surface area contributed by atoms with Crippen LogP contribution >= 0.6 is 0 Å². The molecule has 3 heterocycles. The lowest BCUT2D eigenvalue weighted by Gasteiger charge is -2.55. The average molecular weight is 447 g/mol. The molecule has 2 bridgehead atoms. The van der Waals surface area contributed by atoms with E-state index in [1.54, 1.807) is 0 Å². The van der Waals surface area contributed by atoms with Crippen LogP contribution < -0.4 is 4.74 Å². The van der Waals surface area contributed by atoms with Gasteiger partial charge in [0.15, 0.2) is 0 Å². The topological polar surface area (TPSA) is 59.0 Å². The van der Waals surface area contributed by atoms with Crippen LogP contribution in [0.4, 0.5) is 8.78 Å². The van der Waals surface area contributed by atoms with Crippen molar-refractivity contribution in [2.45, 2.75) is 50.0 Å². The van der Waals surface area contributed by atoms with Crippen LogP contribution in [0.3, 0.4) is 0 Å².